The number of benzene rings is 1. The van der Waals surface area contributed by atoms with Gasteiger partial charge in [0.25, 0.3) is 11.4 Å². The fourth-order valence-electron chi connectivity index (χ4n) is 3.07. The second kappa shape index (κ2) is 7.93. The van der Waals surface area contributed by atoms with Crippen molar-refractivity contribution in [2.45, 2.75) is 19.6 Å². The molecule has 11 heteroatoms. The summed E-state index contributed by atoms with van der Waals surface area (Å²) >= 11 is 2.79. The Kier molecular flexibility index (Phi) is 4.96. The van der Waals surface area contributed by atoms with Crippen LogP contribution in [0.5, 0.6) is 0 Å². The molecule has 0 spiro atoms. The molecule has 0 aliphatic rings. The maximum absolute atomic E-state index is 12.5. The van der Waals surface area contributed by atoms with Crippen molar-refractivity contribution in [2.75, 3.05) is 0 Å². The van der Waals surface area contributed by atoms with E-state index in [2.05, 4.69) is 10.1 Å². The number of thiophene rings is 1. The predicted molar refractivity (Wildman–Crippen MR) is 115 cm³/mol. The third-order valence-corrected chi connectivity index (χ3v) is 6.37. The van der Waals surface area contributed by atoms with Crippen LogP contribution < -0.4 is 11.3 Å². The van der Waals surface area contributed by atoms with Crippen molar-refractivity contribution in [1.82, 2.24) is 19.2 Å². The first-order valence-corrected chi connectivity index (χ1v) is 11.0. The fourth-order valence-corrected chi connectivity index (χ4v) is 4.76. The van der Waals surface area contributed by atoms with E-state index in [-0.39, 0.29) is 31.0 Å². The largest absolute Gasteiger partial charge is 0.459 e. The molecule has 5 aromatic rings. The zero-order valence-corrected chi connectivity index (χ0v) is 17.5. The van der Waals surface area contributed by atoms with Gasteiger partial charge in [0.2, 0.25) is 0 Å². The SMILES string of the molecule is O=C(CCn1nc(-c2cccs2)oc1=O)OCc1cc(=O)n2c(n1)sc1ccccc12. The molecule has 4 heterocycles. The fraction of sp³-hybridized carbons (Fsp3) is 0.150. The Balaban J connectivity index is 1.25. The first-order chi connectivity index (χ1) is 15.1. The van der Waals surface area contributed by atoms with Crippen LogP contribution >= 0.6 is 22.7 Å². The third kappa shape index (κ3) is 3.80. The quantitative estimate of drug-likeness (QED) is 0.363. The second-order valence-electron chi connectivity index (χ2n) is 6.56. The lowest BCUT2D eigenvalue weighted by Gasteiger charge is -2.04. The lowest BCUT2D eigenvalue weighted by molar-refractivity contribution is -0.145. The predicted octanol–water partition coefficient (Wildman–Crippen LogP) is 2.92. The highest BCUT2D eigenvalue weighted by Crippen LogP contribution is 2.23. The minimum Gasteiger partial charge on any atom is -0.459 e. The maximum atomic E-state index is 12.5. The second-order valence-corrected chi connectivity index (χ2v) is 8.51. The van der Waals surface area contributed by atoms with Crippen LogP contribution in [0.4, 0.5) is 0 Å². The van der Waals surface area contributed by atoms with Crippen molar-refractivity contribution in [1.29, 1.82) is 0 Å². The molecule has 156 valence electrons. The molecular weight excluding hydrogens is 440 g/mol. The highest BCUT2D eigenvalue weighted by molar-refractivity contribution is 7.23. The van der Waals surface area contributed by atoms with Crippen molar-refractivity contribution in [3.63, 3.8) is 0 Å². The number of nitrogens with zero attached hydrogens (tertiary/aromatic N) is 4. The summed E-state index contributed by atoms with van der Waals surface area (Å²) in [6.07, 6.45) is -0.0690. The van der Waals surface area contributed by atoms with Gasteiger partial charge in [-0.15, -0.1) is 16.4 Å². The van der Waals surface area contributed by atoms with E-state index in [0.717, 1.165) is 19.8 Å². The van der Waals surface area contributed by atoms with Gasteiger partial charge in [0.1, 0.15) is 6.61 Å². The number of carbonyl (C=O) groups is 1. The molecule has 4 aromatic heterocycles. The van der Waals surface area contributed by atoms with Gasteiger partial charge < -0.3 is 9.15 Å². The van der Waals surface area contributed by atoms with E-state index < -0.39 is 11.7 Å². The average molecular weight is 454 g/mol. The minimum atomic E-state index is -0.638. The van der Waals surface area contributed by atoms with Gasteiger partial charge in [-0.1, -0.05) is 29.5 Å². The number of aryl methyl sites for hydroxylation is 1. The van der Waals surface area contributed by atoms with Crippen LogP contribution in [-0.4, -0.2) is 25.1 Å². The minimum absolute atomic E-state index is 0.0258. The Labute approximate surface area is 181 Å². The van der Waals surface area contributed by atoms with E-state index in [1.165, 1.54) is 33.1 Å². The topological polar surface area (TPSA) is 109 Å². The first-order valence-electron chi connectivity index (χ1n) is 9.26. The van der Waals surface area contributed by atoms with Crippen molar-refractivity contribution in [3.05, 3.63) is 74.4 Å². The highest BCUT2D eigenvalue weighted by Gasteiger charge is 2.14. The van der Waals surface area contributed by atoms with E-state index in [9.17, 15) is 14.4 Å². The van der Waals surface area contributed by atoms with Crippen LogP contribution in [0.3, 0.4) is 0 Å². The summed E-state index contributed by atoms with van der Waals surface area (Å²) in [6, 6.07) is 12.5. The van der Waals surface area contributed by atoms with E-state index in [0.29, 0.717) is 10.7 Å². The van der Waals surface area contributed by atoms with Crippen molar-refractivity contribution < 1.29 is 13.9 Å². The molecule has 0 saturated carbocycles. The number of rotatable bonds is 6. The lowest BCUT2D eigenvalue weighted by atomic mass is 10.3. The Hall–Kier alpha value is -3.57. The van der Waals surface area contributed by atoms with E-state index >= 15 is 0 Å². The van der Waals surface area contributed by atoms with E-state index in [1.54, 1.807) is 6.07 Å². The van der Waals surface area contributed by atoms with Gasteiger partial charge in [0, 0.05) is 6.07 Å². The normalized spacial score (nSPS) is 11.4. The van der Waals surface area contributed by atoms with Gasteiger partial charge in [-0.2, -0.15) is 4.68 Å². The lowest BCUT2D eigenvalue weighted by Crippen LogP contribution is -2.19. The monoisotopic (exact) mass is 454 g/mol. The molecule has 5 rings (SSSR count). The molecular formula is C20H14N4O5S2. The van der Waals surface area contributed by atoms with Crippen molar-refractivity contribution >= 4 is 43.8 Å². The standard InChI is InChI=1S/C20H14N4O5S2/c25-16-10-12(21-19-24(16)13-4-1-2-5-14(13)31-19)11-28-17(26)7-8-23-20(27)29-18(22-23)15-6-3-9-30-15/h1-6,9-10H,7-8,11H2. The van der Waals surface area contributed by atoms with Crippen LogP contribution in [-0.2, 0) is 22.7 Å². The van der Waals surface area contributed by atoms with E-state index in [1.807, 2.05) is 35.7 Å². The van der Waals surface area contributed by atoms with Gasteiger partial charge in [-0.25, -0.2) is 9.78 Å². The number of carbonyl (C=O) groups excluding carboxylic acids is 1. The number of hydrogen-bond donors (Lipinski definition) is 0. The Morgan fingerprint density at radius 1 is 1.16 bits per heavy atom. The molecule has 0 unspecified atom stereocenters. The summed E-state index contributed by atoms with van der Waals surface area (Å²) in [7, 11) is 0. The molecule has 0 aliphatic carbocycles. The van der Waals surface area contributed by atoms with Crippen molar-refractivity contribution in [3.8, 4) is 10.8 Å². The molecule has 0 N–H and O–H groups in total. The van der Waals surface area contributed by atoms with Gasteiger partial charge in [-0.3, -0.25) is 14.0 Å². The number of hydrogen-bond acceptors (Lipinski definition) is 9. The summed E-state index contributed by atoms with van der Waals surface area (Å²) in [5, 5.41) is 5.94. The summed E-state index contributed by atoms with van der Waals surface area (Å²) in [4.78, 5) is 42.2. The molecule has 0 amide bonds. The van der Waals surface area contributed by atoms with Gasteiger partial charge in [0.05, 0.1) is 33.8 Å². The summed E-state index contributed by atoms with van der Waals surface area (Å²) in [5.41, 5.74) is 0.927. The first kappa shape index (κ1) is 19.4. The van der Waals surface area contributed by atoms with E-state index in [4.69, 9.17) is 9.15 Å². The number of fused-ring (bicyclic) bond motifs is 3. The zero-order valence-electron chi connectivity index (χ0n) is 15.9. The maximum Gasteiger partial charge on any atom is 0.437 e. The number of thiazole rings is 1. The molecule has 0 saturated heterocycles. The van der Waals surface area contributed by atoms with Gasteiger partial charge in [0.15, 0.2) is 4.96 Å². The molecule has 1 aromatic carbocycles. The number of ether oxygens (including phenoxy) is 1. The molecule has 31 heavy (non-hydrogen) atoms. The molecule has 0 radical (unpaired) electrons. The third-order valence-electron chi connectivity index (χ3n) is 4.50. The number of para-hydroxylation sites is 1. The van der Waals surface area contributed by atoms with Gasteiger partial charge >= 0.3 is 11.7 Å². The summed E-state index contributed by atoms with van der Waals surface area (Å²) in [6.45, 7) is -0.106. The van der Waals surface area contributed by atoms with Crippen LogP contribution in [0.1, 0.15) is 12.1 Å². The van der Waals surface area contributed by atoms with Crippen molar-refractivity contribution in [2.24, 2.45) is 0 Å². The Bertz CT molecular complexity index is 1510. The molecule has 0 aliphatic heterocycles. The summed E-state index contributed by atoms with van der Waals surface area (Å²) in [5.74, 6) is -0.957. The number of esters is 1. The summed E-state index contributed by atoms with van der Waals surface area (Å²) < 4.78 is 13.9. The molecule has 0 fully saturated rings. The molecule has 0 atom stereocenters. The highest BCUT2D eigenvalue weighted by atomic mass is 32.1. The average Bonchev–Trinajstić information content (AvgIpc) is 3.49. The van der Waals surface area contributed by atoms with Crippen LogP contribution in [0.2, 0.25) is 0 Å². The smallest absolute Gasteiger partial charge is 0.437 e. The van der Waals surface area contributed by atoms with Crippen LogP contribution in [0.15, 0.2) is 61.9 Å². The van der Waals surface area contributed by atoms with Gasteiger partial charge in [-0.05, 0) is 23.6 Å². The zero-order chi connectivity index (χ0) is 21.4. The Morgan fingerprint density at radius 3 is 2.87 bits per heavy atom. The molecule has 0 bridgehead atoms. The molecule has 9 nitrogen and oxygen atoms in total. The van der Waals surface area contributed by atoms with Crippen LogP contribution in [0.25, 0.3) is 25.9 Å². The Morgan fingerprint density at radius 2 is 2.03 bits per heavy atom. The van der Waals surface area contributed by atoms with Crippen LogP contribution in [0, 0.1) is 0 Å². The number of aromatic nitrogens is 4.